The van der Waals surface area contributed by atoms with Crippen molar-refractivity contribution in [2.75, 3.05) is 21.3 Å². The molecular formula is C9H13IO3. The van der Waals surface area contributed by atoms with Crippen LogP contribution >= 0.6 is 22.6 Å². The Morgan fingerprint density at radius 2 is 1.92 bits per heavy atom. The lowest BCUT2D eigenvalue weighted by Crippen LogP contribution is -2.33. The zero-order chi connectivity index (χ0) is 9.84. The van der Waals surface area contributed by atoms with E-state index in [1.807, 2.05) is 12.2 Å². The van der Waals surface area contributed by atoms with Crippen LogP contribution in [0, 0.1) is 0 Å². The Morgan fingerprint density at radius 1 is 1.23 bits per heavy atom. The number of hydrogen-bond donors (Lipinski definition) is 0. The fourth-order valence-corrected chi connectivity index (χ4v) is 2.04. The Kier molecular flexibility index (Phi) is 4.21. The van der Waals surface area contributed by atoms with Crippen LogP contribution in [0.25, 0.3) is 0 Å². The van der Waals surface area contributed by atoms with Crippen molar-refractivity contribution in [3.05, 3.63) is 21.5 Å². The van der Waals surface area contributed by atoms with Gasteiger partial charge in [-0.15, -0.1) is 0 Å². The van der Waals surface area contributed by atoms with Gasteiger partial charge in [-0.3, -0.25) is 0 Å². The quantitative estimate of drug-likeness (QED) is 0.744. The first-order valence-electron chi connectivity index (χ1n) is 3.92. The Morgan fingerprint density at radius 3 is 2.38 bits per heavy atom. The molecule has 0 amide bonds. The Balaban J connectivity index is 2.90. The predicted molar refractivity (Wildman–Crippen MR) is 58.8 cm³/mol. The second-order valence-corrected chi connectivity index (χ2v) is 3.79. The zero-order valence-corrected chi connectivity index (χ0v) is 10.1. The van der Waals surface area contributed by atoms with E-state index in [-0.39, 0.29) is 12.2 Å². The first-order chi connectivity index (χ1) is 6.24. The summed E-state index contributed by atoms with van der Waals surface area (Å²) in [6, 6.07) is 0. The fraction of sp³-hybridized carbons (Fsp3) is 0.556. The molecule has 0 aromatic heterocycles. The van der Waals surface area contributed by atoms with Crippen LogP contribution < -0.4 is 0 Å². The van der Waals surface area contributed by atoms with Crippen LogP contribution in [0.5, 0.6) is 0 Å². The normalized spacial score (nSPS) is 28.0. The smallest absolute Gasteiger partial charge is 0.145 e. The van der Waals surface area contributed by atoms with Gasteiger partial charge in [0.2, 0.25) is 0 Å². The summed E-state index contributed by atoms with van der Waals surface area (Å²) in [7, 11) is 4.96. The second-order valence-electron chi connectivity index (χ2n) is 2.63. The number of hydrogen-bond acceptors (Lipinski definition) is 3. The van der Waals surface area contributed by atoms with E-state index < -0.39 is 0 Å². The van der Waals surface area contributed by atoms with Crippen molar-refractivity contribution in [3.63, 3.8) is 0 Å². The molecule has 0 fully saturated rings. The van der Waals surface area contributed by atoms with Crippen molar-refractivity contribution in [2.45, 2.75) is 12.2 Å². The molecule has 0 spiro atoms. The van der Waals surface area contributed by atoms with Crippen LogP contribution in [0.1, 0.15) is 0 Å². The summed E-state index contributed by atoms with van der Waals surface area (Å²) in [5, 5.41) is 0. The largest absolute Gasteiger partial charge is 0.497 e. The maximum Gasteiger partial charge on any atom is 0.145 e. The molecule has 0 saturated heterocycles. The topological polar surface area (TPSA) is 27.7 Å². The van der Waals surface area contributed by atoms with E-state index in [0.29, 0.717) is 0 Å². The lowest BCUT2D eigenvalue weighted by molar-refractivity contribution is -0.0185. The fourth-order valence-electron chi connectivity index (χ4n) is 1.30. The second kappa shape index (κ2) is 4.97. The van der Waals surface area contributed by atoms with Gasteiger partial charge in [0.05, 0.1) is 10.7 Å². The van der Waals surface area contributed by atoms with E-state index in [9.17, 15) is 0 Å². The molecule has 0 saturated carbocycles. The van der Waals surface area contributed by atoms with E-state index >= 15 is 0 Å². The van der Waals surface area contributed by atoms with Gasteiger partial charge in [-0.1, -0.05) is 6.08 Å². The van der Waals surface area contributed by atoms with Gasteiger partial charge in [-0.05, 0) is 28.7 Å². The van der Waals surface area contributed by atoms with E-state index in [0.717, 1.165) is 9.34 Å². The molecule has 13 heavy (non-hydrogen) atoms. The molecule has 2 atom stereocenters. The molecule has 1 aliphatic rings. The van der Waals surface area contributed by atoms with Gasteiger partial charge in [0.15, 0.2) is 0 Å². The van der Waals surface area contributed by atoms with Crippen LogP contribution in [-0.2, 0) is 14.2 Å². The molecule has 0 aromatic carbocycles. The first kappa shape index (κ1) is 11.0. The third-order valence-corrected chi connectivity index (χ3v) is 2.86. The van der Waals surface area contributed by atoms with Crippen molar-refractivity contribution in [2.24, 2.45) is 0 Å². The maximum atomic E-state index is 5.30. The molecule has 2 unspecified atom stereocenters. The van der Waals surface area contributed by atoms with Gasteiger partial charge < -0.3 is 14.2 Å². The third kappa shape index (κ3) is 2.24. The number of ether oxygens (including phenoxy) is 3. The highest BCUT2D eigenvalue weighted by Crippen LogP contribution is 2.27. The highest BCUT2D eigenvalue weighted by molar-refractivity contribution is 14.1. The Hall–Kier alpha value is -0.0700. The lowest BCUT2D eigenvalue weighted by Gasteiger charge is -2.27. The van der Waals surface area contributed by atoms with Gasteiger partial charge in [-0.25, -0.2) is 0 Å². The highest BCUT2D eigenvalue weighted by atomic mass is 127. The number of allylic oxidation sites excluding steroid dienone is 2. The van der Waals surface area contributed by atoms with Crippen LogP contribution in [0.3, 0.4) is 0 Å². The lowest BCUT2D eigenvalue weighted by atomic mass is 10.1. The van der Waals surface area contributed by atoms with Gasteiger partial charge >= 0.3 is 0 Å². The summed E-state index contributed by atoms with van der Waals surface area (Å²) >= 11 is 2.22. The summed E-state index contributed by atoms with van der Waals surface area (Å²) < 4.78 is 16.9. The van der Waals surface area contributed by atoms with Gasteiger partial charge in [-0.2, -0.15) is 0 Å². The van der Waals surface area contributed by atoms with E-state index in [2.05, 4.69) is 22.6 Å². The third-order valence-electron chi connectivity index (χ3n) is 1.97. The minimum absolute atomic E-state index is 0.0570. The minimum Gasteiger partial charge on any atom is -0.497 e. The van der Waals surface area contributed by atoms with Gasteiger partial charge in [0.25, 0.3) is 0 Å². The monoisotopic (exact) mass is 296 g/mol. The predicted octanol–water partition coefficient (Wildman–Crippen LogP) is 1.88. The van der Waals surface area contributed by atoms with E-state index in [1.165, 1.54) is 0 Å². The average molecular weight is 296 g/mol. The van der Waals surface area contributed by atoms with Crippen molar-refractivity contribution in [1.29, 1.82) is 0 Å². The molecule has 74 valence electrons. The van der Waals surface area contributed by atoms with Crippen LogP contribution in [0.15, 0.2) is 21.5 Å². The number of halogens is 1. The summed E-state index contributed by atoms with van der Waals surface area (Å²) in [5.41, 5.74) is 0. The summed E-state index contributed by atoms with van der Waals surface area (Å²) in [6.45, 7) is 0. The summed E-state index contributed by atoms with van der Waals surface area (Å²) in [6.07, 6.45) is 3.76. The number of rotatable bonds is 3. The molecule has 0 aromatic rings. The Bertz CT molecular complexity index is 235. The zero-order valence-electron chi connectivity index (χ0n) is 7.91. The molecule has 1 aliphatic carbocycles. The SMILES string of the molecule is COC1=C(I)C=CC(OC)C1OC. The molecule has 1 rings (SSSR count). The molecule has 0 bridgehead atoms. The first-order valence-corrected chi connectivity index (χ1v) is 5.00. The van der Waals surface area contributed by atoms with E-state index in [1.54, 1.807) is 21.3 Å². The standard InChI is InChI=1S/C9H13IO3/c1-11-7-5-4-6(10)8(12-2)9(7)13-3/h4-5,7,9H,1-3H3. The summed E-state index contributed by atoms with van der Waals surface area (Å²) in [5.74, 6) is 0.831. The van der Waals surface area contributed by atoms with Gasteiger partial charge in [0.1, 0.15) is 18.0 Å². The summed E-state index contributed by atoms with van der Waals surface area (Å²) in [4.78, 5) is 0. The molecule has 0 heterocycles. The van der Waals surface area contributed by atoms with Crippen molar-refractivity contribution >= 4 is 22.6 Å². The maximum absolute atomic E-state index is 5.30. The highest BCUT2D eigenvalue weighted by Gasteiger charge is 2.28. The van der Waals surface area contributed by atoms with Gasteiger partial charge in [0, 0.05) is 14.2 Å². The molecule has 0 N–H and O–H groups in total. The molecule has 3 nitrogen and oxygen atoms in total. The average Bonchev–Trinajstić information content (AvgIpc) is 2.17. The molecular weight excluding hydrogens is 283 g/mol. The van der Waals surface area contributed by atoms with Crippen LogP contribution in [0.2, 0.25) is 0 Å². The van der Waals surface area contributed by atoms with Crippen molar-refractivity contribution < 1.29 is 14.2 Å². The van der Waals surface area contributed by atoms with Crippen molar-refractivity contribution in [1.82, 2.24) is 0 Å². The molecule has 0 aliphatic heterocycles. The number of methoxy groups -OCH3 is 3. The van der Waals surface area contributed by atoms with E-state index in [4.69, 9.17) is 14.2 Å². The van der Waals surface area contributed by atoms with Crippen LogP contribution in [-0.4, -0.2) is 33.5 Å². The Labute approximate surface area is 91.9 Å². The molecule has 0 radical (unpaired) electrons. The molecule has 4 heteroatoms. The van der Waals surface area contributed by atoms with Crippen molar-refractivity contribution in [3.8, 4) is 0 Å². The van der Waals surface area contributed by atoms with Crippen LogP contribution in [0.4, 0.5) is 0 Å². The minimum atomic E-state index is -0.133.